The second kappa shape index (κ2) is 8.25. The van der Waals surface area contributed by atoms with Crippen molar-refractivity contribution in [3.63, 3.8) is 0 Å². The van der Waals surface area contributed by atoms with E-state index in [-0.39, 0.29) is 11.7 Å². The van der Waals surface area contributed by atoms with Gasteiger partial charge in [0, 0.05) is 25.2 Å². The summed E-state index contributed by atoms with van der Waals surface area (Å²) in [6.45, 7) is 5.21. The third kappa shape index (κ3) is 4.52. The second-order valence-electron chi connectivity index (χ2n) is 6.04. The number of nitrogens with one attached hydrogen (secondary N) is 1. The Morgan fingerprint density at radius 2 is 1.95 bits per heavy atom. The Hall–Kier alpha value is -1.46. The maximum absolute atomic E-state index is 13.8. The zero-order valence-corrected chi connectivity index (χ0v) is 14.1. The summed E-state index contributed by atoms with van der Waals surface area (Å²) in [5.41, 5.74) is 6.80. The minimum absolute atomic E-state index is 0.0292. The predicted molar refractivity (Wildman–Crippen MR) is 87.7 cm³/mol. The number of halogens is 1. The normalized spacial score (nSPS) is 11.8. The summed E-state index contributed by atoms with van der Waals surface area (Å²) in [6, 6.07) is 4.96. The molecule has 1 aromatic carbocycles. The summed E-state index contributed by atoms with van der Waals surface area (Å²) in [7, 11) is 3.79. The van der Waals surface area contributed by atoms with Gasteiger partial charge >= 0.3 is 0 Å². The third-order valence-electron chi connectivity index (χ3n) is 4.28. The Labute approximate surface area is 132 Å². The number of carbonyl (C=O) groups is 1. The highest BCUT2D eigenvalue weighted by Gasteiger charge is 2.32. The van der Waals surface area contributed by atoms with Gasteiger partial charge in [-0.25, -0.2) is 4.39 Å². The van der Waals surface area contributed by atoms with E-state index in [1.807, 2.05) is 32.8 Å². The number of nitrogens with two attached hydrogens (primary N) is 1. The molecule has 0 unspecified atom stereocenters. The van der Waals surface area contributed by atoms with Crippen LogP contribution in [0, 0.1) is 11.2 Å². The van der Waals surface area contributed by atoms with Crippen molar-refractivity contribution < 1.29 is 9.18 Å². The van der Waals surface area contributed by atoms with Crippen LogP contribution in [-0.2, 0) is 17.9 Å². The highest BCUT2D eigenvalue weighted by atomic mass is 19.1. The lowest BCUT2D eigenvalue weighted by atomic mass is 9.81. The van der Waals surface area contributed by atoms with Crippen LogP contribution in [0.1, 0.15) is 37.8 Å². The predicted octanol–water partition coefficient (Wildman–Crippen LogP) is 2.27. The van der Waals surface area contributed by atoms with Gasteiger partial charge in [-0.3, -0.25) is 4.79 Å². The Balaban J connectivity index is 2.78. The Morgan fingerprint density at radius 1 is 1.32 bits per heavy atom. The standard InChI is InChI=1S/C17H28FN3O/c1-5-17(6-2,12-19)16(22)20-10-13-7-8-15(18)14(9-13)11-21(3)4/h7-9H,5-6,10-12,19H2,1-4H3,(H,20,22). The van der Waals surface area contributed by atoms with Crippen LogP contribution in [0.25, 0.3) is 0 Å². The van der Waals surface area contributed by atoms with Crippen molar-refractivity contribution in [3.05, 3.63) is 35.1 Å². The van der Waals surface area contributed by atoms with Crippen LogP contribution in [0.15, 0.2) is 18.2 Å². The van der Waals surface area contributed by atoms with Crippen molar-refractivity contribution in [3.8, 4) is 0 Å². The van der Waals surface area contributed by atoms with Crippen molar-refractivity contribution in [2.24, 2.45) is 11.1 Å². The number of benzene rings is 1. The number of carbonyl (C=O) groups excluding carboxylic acids is 1. The summed E-state index contributed by atoms with van der Waals surface area (Å²) < 4.78 is 13.8. The summed E-state index contributed by atoms with van der Waals surface area (Å²) in [6.07, 6.45) is 1.42. The first-order chi connectivity index (χ1) is 10.4. The minimum atomic E-state index is -0.507. The van der Waals surface area contributed by atoms with E-state index in [1.165, 1.54) is 6.07 Å². The van der Waals surface area contributed by atoms with Crippen LogP contribution >= 0.6 is 0 Å². The van der Waals surface area contributed by atoms with Crippen molar-refractivity contribution in [1.82, 2.24) is 10.2 Å². The smallest absolute Gasteiger partial charge is 0.227 e. The van der Waals surface area contributed by atoms with Crippen LogP contribution in [0.2, 0.25) is 0 Å². The fourth-order valence-corrected chi connectivity index (χ4v) is 2.52. The van der Waals surface area contributed by atoms with Gasteiger partial charge in [-0.2, -0.15) is 0 Å². The van der Waals surface area contributed by atoms with Crippen LogP contribution in [-0.4, -0.2) is 31.4 Å². The molecule has 0 saturated carbocycles. The molecule has 22 heavy (non-hydrogen) atoms. The van der Waals surface area contributed by atoms with E-state index in [4.69, 9.17) is 5.73 Å². The first-order valence-corrected chi connectivity index (χ1v) is 7.79. The van der Waals surface area contributed by atoms with E-state index in [0.29, 0.717) is 38.0 Å². The van der Waals surface area contributed by atoms with Gasteiger partial charge in [-0.15, -0.1) is 0 Å². The van der Waals surface area contributed by atoms with Crippen LogP contribution < -0.4 is 11.1 Å². The van der Waals surface area contributed by atoms with Crippen molar-refractivity contribution in [2.45, 2.75) is 39.8 Å². The molecule has 0 bridgehead atoms. The van der Waals surface area contributed by atoms with E-state index in [0.717, 1.165) is 5.56 Å². The monoisotopic (exact) mass is 309 g/mol. The molecule has 124 valence electrons. The van der Waals surface area contributed by atoms with E-state index in [2.05, 4.69) is 5.32 Å². The van der Waals surface area contributed by atoms with E-state index >= 15 is 0 Å². The number of hydrogen-bond acceptors (Lipinski definition) is 3. The van der Waals surface area contributed by atoms with Gasteiger partial charge in [0.1, 0.15) is 5.82 Å². The van der Waals surface area contributed by atoms with Gasteiger partial charge in [0.15, 0.2) is 0 Å². The Bertz CT molecular complexity index is 490. The average molecular weight is 309 g/mol. The molecular weight excluding hydrogens is 281 g/mol. The van der Waals surface area contributed by atoms with Crippen LogP contribution in [0.3, 0.4) is 0 Å². The molecule has 0 aliphatic carbocycles. The van der Waals surface area contributed by atoms with Gasteiger partial charge < -0.3 is 16.0 Å². The van der Waals surface area contributed by atoms with Gasteiger partial charge in [0.05, 0.1) is 5.41 Å². The molecule has 0 atom stereocenters. The number of nitrogens with zero attached hydrogens (tertiary/aromatic N) is 1. The fraction of sp³-hybridized carbons (Fsp3) is 0.588. The molecule has 1 aromatic rings. The van der Waals surface area contributed by atoms with Crippen molar-refractivity contribution >= 4 is 5.91 Å². The van der Waals surface area contributed by atoms with Gasteiger partial charge in [0.25, 0.3) is 0 Å². The second-order valence-corrected chi connectivity index (χ2v) is 6.04. The fourth-order valence-electron chi connectivity index (χ4n) is 2.52. The number of hydrogen-bond donors (Lipinski definition) is 2. The summed E-state index contributed by atoms with van der Waals surface area (Å²) in [4.78, 5) is 14.3. The lowest BCUT2D eigenvalue weighted by Gasteiger charge is -2.28. The summed E-state index contributed by atoms with van der Waals surface area (Å²) in [5.74, 6) is -0.249. The van der Waals surface area contributed by atoms with E-state index in [9.17, 15) is 9.18 Å². The Kier molecular flexibility index (Phi) is 6.97. The molecule has 0 aromatic heterocycles. The van der Waals surface area contributed by atoms with E-state index in [1.54, 1.807) is 12.1 Å². The molecule has 0 aliphatic heterocycles. The van der Waals surface area contributed by atoms with Crippen molar-refractivity contribution in [1.29, 1.82) is 0 Å². The minimum Gasteiger partial charge on any atom is -0.352 e. The topological polar surface area (TPSA) is 58.4 Å². The van der Waals surface area contributed by atoms with Crippen molar-refractivity contribution in [2.75, 3.05) is 20.6 Å². The van der Waals surface area contributed by atoms with E-state index < -0.39 is 5.41 Å². The molecule has 0 radical (unpaired) electrons. The van der Waals surface area contributed by atoms with Gasteiger partial charge in [-0.05, 0) is 44.6 Å². The molecule has 1 rings (SSSR count). The first kappa shape index (κ1) is 18.6. The molecule has 3 N–H and O–H groups in total. The largest absolute Gasteiger partial charge is 0.352 e. The lowest BCUT2D eigenvalue weighted by molar-refractivity contribution is -0.131. The highest BCUT2D eigenvalue weighted by molar-refractivity contribution is 5.82. The molecule has 0 aliphatic rings. The molecule has 0 saturated heterocycles. The molecule has 0 spiro atoms. The number of amides is 1. The zero-order chi connectivity index (χ0) is 16.8. The quantitative estimate of drug-likeness (QED) is 0.774. The molecule has 1 amide bonds. The van der Waals surface area contributed by atoms with Crippen LogP contribution in [0.4, 0.5) is 4.39 Å². The molecule has 0 fully saturated rings. The maximum Gasteiger partial charge on any atom is 0.227 e. The average Bonchev–Trinajstić information content (AvgIpc) is 2.50. The molecule has 5 heteroatoms. The SMILES string of the molecule is CCC(CC)(CN)C(=O)NCc1ccc(F)c(CN(C)C)c1. The highest BCUT2D eigenvalue weighted by Crippen LogP contribution is 2.25. The summed E-state index contributed by atoms with van der Waals surface area (Å²) in [5, 5.41) is 2.94. The lowest BCUT2D eigenvalue weighted by Crippen LogP contribution is -2.45. The van der Waals surface area contributed by atoms with Crippen LogP contribution in [0.5, 0.6) is 0 Å². The summed E-state index contributed by atoms with van der Waals surface area (Å²) >= 11 is 0. The third-order valence-corrected chi connectivity index (χ3v) is 4.28. The molecule has 4 nitrogen and oxygen atoms in total. The maximum atomic E-state index is 13.8. The van der Waals surface area contributed by atoms with Gasteiger partial charge in [0.2, 0.25) is 5.91 Å². The zero-order valence-electron chi connectivity index (χ0n) is 14.1. The number of rotatable bonds is 8. The molecule has 0 heterocycles. The first-order valence-electron chi connectivity index (χ1n) is 7.79. The Morgan fingerprint density at radius 3 is 2.45 bits per heavy atom. The molecular formula is C17H28FN3O. The van der Waals surface area contributed by atoms with Gasteiger partial charge in [-0.1, -0.05) is 19.9 Å².